The van der Waals surface area contributed by atoms with Crippen LogP contribution in [0.5, 0.6) is 0 Å². The molecule has 1 saturated heterocycles. The molecule has 8 heteroatoms. The standard InChI is InChI=1S/C22H25N3O5/c1-15-5-3-7-20(16(15)2)23-21(26)14-24(13-19-6-4-12-30-19)22(27)17-8-10-18(11-9-17)25(28)29/h3,5,7-11,19H,4,6,12-14H2,1-2H3,(H,23,26)/t19-/m0/s1. The van der Waals surface area contributed by atoms with Crippen molar-refractivity contribution in [1.82, 2.24) is 4.90 Å². The first-order valence-electron chi connectivity index (χ1n) is 9.86. The number of amides is 2. The van der Waals surface area contributed by atoms with Crippen LogP contribution in [0.1, 0.15) is 34.3 Å². The van der Waals surface area contributed by atoms with Crippen molar-refractivity contribution in [2.45, 2.75) is 32.8 Å². The average Bonchev–Trinajstić information content (AvgIpc) is 3.23. The van der Waals surface area contributed by atoms with Crippen LogP contribution >= 0.6 is 0 Å². The number of nitrogens with one attached hydrogen (secondary N) is 1. The highest BCUT2D eigenvalue weighted by Crippen LogP contribution is 2.20. The Morgan fingerprint density at radius 3 is 2.57 bits per heavy atom. The van der Waals surface area contributed by atoms with Gasteiger partial charge in [0.25, 0.3) is 11.6 Å². The molecule has 8 nitrogen and oxygen atoms in total. The quantitative estimate of drug-likeness (QED) is 0.555. The molecule has 1 N–H and O–H groups in total. The molecule has 0 aliphatic carbocycles. The van der Waals surface area contributed by atoms with Crippen LogP contribution in [-0.2, 0) is 9.53 Å². The van der Waals surface area contributed by atoms with Crippen LogP contribution in [-0.4, -0.2) is 47.4 Å². The lowest BCUT2D eigenvalue weighted by atomic mass is 10.1. The highest BCUT2D eigenvalue weighted by atomic mass is 16.6. The number of ether oxygens (including phenoxy) is 1. The van der Waals surface area contributed by atoms with Crippen LogP contribution in [0.2, 0.25) is 0 Å². The van der Waals surface area contributed by atoms with Gasteiger partial charge in [0.05, 0.1) is 11.0 Å². The van der Waals surface area contributed by atoms with Crippen molar-refractivity contribution < 1.29 is 19.2 Å². The predicted molar refractivity (Wildman–Crippen MR) is 113 cm³/mol. The van der Waals surface area contributed by atoms with Gasteiger partial charge in [0.2, 0.25) is 5.91 Å². The van der Waals surface area contributed by atoms with E-state index in [1.807, 2.05) is 32.0 Å². The summed E-state index contributed by atoms with van der Waals surface area (Å²) in [7, 11) is 0. The van der Waals surface area contributed by atoms with Crippen LogP contribution in [0, 0.1) is 24.0 Å². The third-order valence-corrected chi connectivity index (χ3v) is 5.27. The fourth-order valence-electron chi connectivity index (χ4n) is 3.41. The zero-order valence-electron chi connectivity index (χ0n) is 17.1. The molecule has 3 rings (SSSR count). The fourth-order valence-corrected chi connectivity index (χ4v) is 3.41. The molecule has 0 radical (unpaired) electrons. The molecule has 1 atom stereocenters. The van der Waals surface area contributed by atoms with Crippen molar-refractivity contribution in [2.75, 3.05) is 25.0 Å². The summed E-state index contributed by atoms with van der Waals surface area (Å²) in [5, 5.41) is 13.7. The third kappa shape index (κ3) is 5.21. The lowest BCUT2D eigenvalue weighted by molar-refractivity contribution is -0.384. The molecule has 1 heterocycles. The molecular formula is C22H25N3O5. The molecule has 0 bridgehead atoms. The van der Waals surface area contributed by atoms with Gasteiger partial charge in [-0.3, -0.25) is 19.7 Å². The van der Waals surface area contributed by atoms with E-state index in [2.05, 4.69) is 5.32 Å². The second-order valence-electron chi connectivity index (χ2n) is 7.42. The minimum absolute atomic E-state index is 0.0927. The number of hydrogen-bond acceptors (Lipinski definition) is 5. The van der Waals surface area contributed by atoms with Crippen LogP contribution < -0.4 is 5.32 Å². The van der Waals surface area contributed by atoms with E-state index in [1.165, 1.54) is 29.2 Å². The minimum Gasteiger partial charge on any atom is -0.376 e. The summed E-state index contributed by atoms with van der Waals surface area (Å²) in [6.07, 6.45) is 1.61. The summed E-state index contributed by atoms with van der Waals surface area (Å²) in [6, 6.07) is 11.0. The smallest absolute Gasteiger partial charge is 0.269 e. The Hall–Kier alpha value is -3.26. The Balaban J connectivity index is 1.75. The van der Waals surface area contributed by atoms with Crippen LogP contribution in [0.4, 0.5) is 11.4 Å². The number of aryl methyl sites for hydroxylation is 1. The number of benzene rings is 2. The molecular weight excluding hydrogens is 386 g/mol. The van der Waals surface area contributed by atoms with Crippen molar-refractivity contribution in [2.24, 2.45) is 0 Å². The number of nitro groups is 1. The van der Waals surface area contributed by atoms with Crippen molar-refractivity contribution >= 4 is 23.2 Å². The first-order valence-corrected chi connectivity index (χ1v) is 9.86. The number of rotatable bonds is 7. The minimum atomic E-state index is -0.518. The lowest BCUT2D eigenvalue weighted by Gasteiger charge is -2.25. The summed E-state index contributed by atoms with van der Waals surface area (Å²) in [5.41, 5.74) is 2.94. The second kappa shape index (κ2) is 9.49. The van der Waals surface area contributed by atoms with E-state index in [-0.39, 0.29) is 42.3 Å². The van der Waals surface area contributed by atoms with Gasteiger partial charge in [0, 0.05) is 36.5 Å². The topological polar surface area (TPSA) is 102 Å². The van der Waals surface area contributed by atoms with Crippen LogP contribution in [0.25, 0.3) is 0 Å². The lowest BCUT2D eigenvalue weighted by Crippen LogP contribution is -2.42. The highest BCUT2D eigenvalue weighted by molar-refractivity contribution is 5.99. The zero-order chi connectivity index (χ0) is 21.7. The molecule has 2 aromatic rings. The molecule has 158 valence electrons. The Kier molecular flexibility index (Phi) is 6.79. The summed E-state index contributed by atoms with van der Waals surface area (Å²) < 4.78 is 5.64. The normalized spacial score (nSPS) is 15.6. The molecule has 1 fully saturated rings. The van der Waals surface area contributed by atoms with Crippen LogP contribution in [0.3, 0.4) is 0 Å². The van der Waals surface area contributed by atoms with E-state index in [0.29, 0.717) is 12.3 Å². The van der Waals surface area contributed by atoms with Gasteiger partial charge in [-0.15, -0.1) is 0 Å². The van der Waals surface area contributed by atoms with Gasteiger partial charge in [-0.05, 0) is 56.0 Å². The first kappa shape index (κ1) is 21.4. The van der Waals surface area contributed by atoms with Gasteiger partial charge in [0.1, 0.15) is 6.54 Å². The van der Waals surface area contributed by atoms with E-state index in [0.717, 1.165) is 24.0 Å². The SMILES string of the molecule is Cc1cccc(NC(=O)CN(C[C@@H]2CCCO2)C(=O)c2ccc([N+](=O)[O-])cc2)c1C. The van der Waals surface area contributed by atoms with E-state index in [1.54, 1.807) is 0 Å². The molecule has 0 aromatic heterocycles. The molecule has 0 unspecified atom stereocenters. The molecule has 1 aliphatic heterocycles. The zero-order valence-corrected chi connectivity index (χ0v) is 17.1. The molecule has 30 heavy (non-hydrogen) atoms. The number of non-ortho nitro benzene ring substituents is 1. The molecule has 1 aliphatic rings. The second-order valence-corrected chi connectivity index (χ2v) is 7.42. The van der Waals surface area contributed by atoms with Gasteiger partial charge >= 0.3 is 0 Å². The van der Waals surface area contributed by atoms with Crippen molar-refractivity contribution in [3.8, 4) is 0 Å². The maximum Gasteiger partial charge on any atom is 0.269 e. The average molecular weight is 411 g/mol. The summed E-state index contributed by atoms with van der Waals surface area (Å²) in [5.74, 6) is -0.673. The number of anilines is 1. The van der Waals surface area contributed by atoms with Gasteiger partial charge in [-0.1, -0.05) is 12.1 Å². The fraction of sp³-hybridized carbons (Fsp3) is 0.364. The monoisotopic (exact) mass is 411 g/mol. The van der Waals surface area contributed by atoms with E-state index < -0.39 is 4.92 Å². The van der Waals surface area contributed by atoms with Crippen molar-refractivity contribution in [3.63, 3.8) is 0 Å². The van der Waals surface area contributed by atoms with Gasteiger partial charge < -0.3 is 15.0 Å². The van der Waals surface area contributed by atoms with Gasteiger partial charge in [0.15, 0.2) is 0 Å². The van der Waals surface area contributed by atoms with Crippen LogP contribution in [0.15, 0.2) is 42.5 Å². The maximum absolute atomic E-state index is 13.0. The predicted octanol–water partition coefficient (Wildman–Crippen LogP) is 3.47. The van der Waals surface area contributed by atoms with E-state index >= 15 is 0 Å². The molecule has 2 amide bonds. The molecule has 0 spiro atoms. The number of carbonyl (C=O) groups is 2. The number of hydrogen-bond donors (Lipinski definition) is 1. The Labute approximate surface area is 175 Å². The maximum atomic E-state index is 13.0. The Morgan fingerprint density at radius 1 is 1.20 bits per heavy atom. The highest BCUT2D eigenvalue weighted by Gasteiger charge is 2.25. The van der Waals surface area contributed by atoms with Crippen molar-refractivity contribution in [3.05, 3.63) is 69.3 Å². The van der Waals surface area contributed by atoms with E-state index in [9.17, 15) is 19.7 Å². The Bertz CT molecular complexity index is 936. The van der Waals surface area contributed by atoms with Gasteiger partial charge in [-0.25, -0.2) is 0 Å². The third-order valence-electron chi connectivity index (χ3n) is 5.27. The Morgan fingerprint density at radius 2 is 1.93 bits per heavy atom. The molecule has 0 saturated carbocycles. The summed E-state index contributed by atoms with van der Waals surface area (Å²) in [6.45, 7) is 4.68. The molecule has 2 aromatic carbocycles. The van der Waals surface area contributed by atoms with Crippen molar-refractivity contribution in [1.29, 1.82) is 0 Å². The number of carbonyl (C=O) groups excluding carboxylic acids is 2. The summed E-state index contributed by atoms with van der Waals surface area (Å²) >= 11 is 0. The summed E-state index contributed by atoms with van der Waals surface area (Å²) in [4.78, 5) is 37.5. The number of nitro benzene ring substituents is 1. The first-order chi connectivity index (χ1) is 14.3. The van der Waals surface area contributed by atoms with E-state index in [4.69, 9.17) is 4.74 Å². The largest absolute Gasteiger partial charge is 0.376 e. The number of nitrogens with zero attached hydrogens (tertiary/aromatic N) is 2. The van der Waals surface area contributed by atoms with Gasteiger partial charge in [-0.2, -0.15) is 0 Å².